The molecule has 2 aromatic heterocycles. The summed E-state index contributed by atoms with van der Waals surface area (Å²) < 4.78 is 11.2. The van der Waals surface area contributed by atoms with Gasteiger partial charge < -0.3 is 19.1 Å². The topological polar surface area (TPSA) is 98.5 Å². The first-order valence-electron chi connectivity index (χ1n) is 12.4. The lowest BCUT2D eigenvalue weighted by molar-refractivity contribution is -0.120. The van der Waals surface area contributed by atoms with Crippen molar-refractivity contribution in [2.24, 2.45) is 11.8 Å². The first kappa shape index (κ1) is 23.2. The Kier molecular flexibility index (Phi) is 6.87. The molecule has 0 saturated carbocycles. The summed E-state index contributed by atoms with van der Waals surface area (Å²) in [5.74, 6) is 2.00. The van der Waals surface area contributed by atoms with Gasteiger partial charge in [0.1, 0.15) is 6.07 Å². The Balaban J connectivity index is 1.13. The van der Waals surface area contributed by atoms with Gasteiger partial charge in [-0.15, -0.1) is 0 Å². The lowest BCUT2D eigenvalue weighted by Crippen LogP contribution is -2.38. The quantitative estimate of drug-likeness (QED) is 0.544. The third-order valence-corrected chi connectivity index (χ3v) is 7.10. The highest BCUT2D eigenvalue weighted by Gasteiger charge is 2.29. The smallest absolute Gasteiger partial charge is 0.266 e. The number of likely N-dealkylation sites (tertiary alicyclic amines) is 1. The van der Waals surface area contributed by atoms with Crippen LogP contribution in [-0.4, -0.2) is 42.0 Å². The maximum atomic E-state index is 12.9. The van der Waals surface area contributed by atoms with Crippen molar-refractivity contribution in [1.82, 2.24) is 9.88 Å². The van der Waals surface area contributed by atoms with Crippen LogP contribution in [0.1, 0.15) is 43.9 Å². The van der Waals surface area contributed by atoms with Crippen molar-refractivity contribution >= 4 is 17.5 Å². The molecular weight excluding hydrogens is 442 g/mol. The largest absolute Gasteiger partial charge is 0.459 e. The molecule has 2 aliphatic heterocycles. The summed E-state index contributed by atoms with van der Waals surface area (Å²) in [7, 11) is 0. The number of hydrogen-bond acceptors (Lipinski definition) is 7. The second-order valence-electron chi connectivity index (χ2n) is 9.67. The molecule has 4 heterocycles. The predicted octanol–water partition coefficient (Wildman–Crippen LogP) is 4.89. The number of amides is 1. The molecule has 35 heavy (non-hydrogen) atoms. The van der Waals surface area contributed by atoms with E-state index < -0.39 is 0 Å². The number of oxazole rings is 1. The van der Waals surface area contributed by atoms with Crippen molar-refractivity contribution in [3.05, 3.63) is 53.9 Å². The highest BCUT2D eigenvalue weighted by Crippen LogP contribution is 2.31. The molecule has 0 aliphatic carbocycles. The zero-order valence-corrected chi connectivity index (χ0v) is 20.1. The Bertz CT molecular complexity index is 1160. The van der Waals surface area contributed by atoms with E-state index in [4.69, 9.17) is 8.83 Å². The highest BCUT2D eigenvalue weighted by atomic mass is 16.4. The average molecular weight is 474 g/mol. The molecule has 0 unspecified atom stereocenters. The lowest BCUT2D eigenvalue weighted by atomic mass is 9.95. The van der Waals surface area contributed by atoms with Crippen LogP contribution in [0.15, 0.2) is 51.5 Å². The molecule has 0 radical (unpaired) electrons. The molecule has 0 spiro atoms. The van der Waals surface area contributed by atoms with Crippen molar-refractivity contribution in [1.29, 1.82) is 5.26 Å². The summed E-state index contributed by atoms with van der Waals surface area (Å²) in [5, 5.41) is 12.6. The number of nitrogens with one attached hydrogen (secondary N) is 1. The van der Waals surface area contributed by atoms with Gasteiger partial charge >= 0.3 is 0 Å². The van der Waals surface area contributed by atoms with Gasteiger partial charge in [-0.3, -0.25) is 9.69 Å². The normalized spacial score (nSPS) is 17.9. The van der Waals surface area contributed by atoms with Crippen LogP contribution in [0.3, 0.4) is 0 Å². The fraction of sp³-hybridized carbons (Fsp3) is 0.444. The maximum absolute atomic E-state index is 12.9. The zero-order valence-electron chi connectivity index (χ0n) is 20.1. The van der Waals surface area contributed by atoms with Crippen LogP contribution in [0.25, 0.3) is 11.7 Å². The first-order valence-corrected chi connectivity index (χ1v) is 12.4. The molecule has 2 saturated heterocycles. The summed E-state index contributed by atoms with van der Waals surface area (Å²) >= 11 is 0. The van der Waals surface area contributed by atoms with Gasteiger partial charge in [0.15, 0.2) is 5.76 Å². The van der Waals surface area contributed by atoms with Crippen molar-refractivity contribution in [2.45, 2.75) is 39.2 Å². The van der Waals surface area contributed by atoms with Gasteiger partial charge in [-0.05, 0) is 74.5 Å². The number of aromatic nitrogens is 1. The number of piperidine rings is 2. The predicted molar refractivity (Wildman–Crippen MR) is 133 cm³/mol. The van der Waals surface area contributed by atoms with Crippen LogP contribution in [0.2, 0.25) is 0 Å². The molecule has 8 nitrogen and oxygen atoms in total. The molecule has 1 N–H and O–H groups in total. The zero-order chi connectivity index (χ0) is 24.2. The molecule has 8 heteroatoms. The van der Waals surface area contributed by atoms with Gasteiger partial charge in [-0.1, -0.05) is 19.1 Å². The molecule has 2 aliphatic rings. The SMILES string of the molecule is CC1CCN(Cc2ccc(NC(=O)C3CCN(c4oc(-c5ccco5)nc4C#N)CC3)cc2)CC1. The van der Waals surface area contributed by atoms with Crippen LogP contribution in [0.4, 0.5) is 11.6 Å². The third-order valence-electron chi connectivity index (χ3n) is 7.10. The number of carbonyl (C=O) groups excluding carboxylic acids is 1. The molecule has 1 amide bonds. The van der Waals surface area contributed by atoms with Gasteiger partial charge in [-0.2, -0.15) is 10.2 Å². The van der Waals surface area contributed by atoms with E-state index >= 15 is 0 Å². The van der Waals surface area contributed by atoms with Gasteiger partial charge in [0.25, 0.3) is 5.89 Å². The van der Waals surface area contributed by atoms with Gasteiger partial charge in [-0.25, -0.2) is 0 Å². The van der Waals surface area contributed by atoms with E-state index in [9.17, 15) is 10.1 Å². The molecule has 0 atom stereocenters. The Labute approximate surface area is 205 Å². The van der Waals surface area contributed by atoms with E-state index in [1.165, 1.54) is 24.7 Å². The molecule has 5 rings (SSSR count). The Hall–Kier alpha value is -3.57. The van der Waals surface area contributed by atoms with Crippen molar-refractivity contribution in [2.75, 3.05) is 36.4 Å². The lowest BCUT2D eigenvalue weighted by Gasteiger charge is -2.31. The number of anilines is 2. The number of nitriles is 1. The van der Waals surface area contributed by atoms with E-state index in [0.717, 1.165) is 31.2 Å². The van der Waals surface area contributed by atoms with Gasteiger partial charge in [0.05, 0.1) is 6.26 Å². The van der Waals surface area contributed by atoms with Gasteiger partial charge in [0.2, 0.25) is 17.5 Å². The second kappa shape index (κ2) is 10.4. The number of furan rings is 1. The van der Waals surface area contributed by atoms with Crippen LogP contribution in [-0.2, 0) is 11.3 Å². The Morgan fingerprint density at radius 3 is 2.51 bits per heavy atom. The minimum atomic E-state index is -0.0840. The van der Waals surface area contributed by atoms with Crippen LogP contribution in [0, 0.1) is 23.2 Å². The number of nitrogens with zero attached hydrogens (tertiary/aromatic N) is 4. The standard InChI is InChI=1S/C27H31N5O3/c1-19-8-12-31(13-9-19)18-20-4-6-22(7-5-20)29-25(33)21-10-14-32(15-11-21)27-23(17-28)30-26(35-27)24-3-2-16-34-24/h2-7,16,19,21H,8-15,18H2,1H3,(H,29,33). The fourth-order valence-electron chi connectivity index (χ4n) is 4.87. The fourth-order valence-corrected chi connectivity index (χ4v) is 4.87. The minimum absolute atomic E-state index is 0.0387. The number of carbonyl (C=O) groups is 1. The molecule has 3 aromatic rings. The summed E-state index contributed by atoms with van der Waals surface area (Å²) in [6.45, 7) is 6.85. The first-order chi connectivity index (χ1) is 17.1. The maximum Gasteiger partial charge on any atom is 0.266 e. The highest BCUT2D eigenvalue weighted by molar-refractivity contribution is 5.92. The van der Waals surface area contributed by atoms with E-state index in [1.54, 1.807) is 12.1 Å². The summed E-state index contributed by atoms with van der Waals surface area (Å²) in [4.78, 5) is 21.6. The molecule has 1 aromatic carbocycles. The molecule has 0 bridgehead atoms. The van der Waals surface area contributed by atoms with Crippen LogP contribution >= 0.6 is 0 Å². The van der Waals surface area contributed by atoms with Gasteiger partial charge in [0, 0.05) is 31.2 Å². The number of benzene rings is 1. The van der Waals surface area contributed by atoms with E-state index in [0.29, 0.717) is 43.5 Å². The van der Waals surface area contributed by atoms with E-state index in [2.05, 4.69) is 40.3 Å². The number of hydrogen-bond donors (Lipinski definition) is 1. The van der Waals surface area contributed by atoms with E-state index in [-0.39, 0.29) is 17.5 Å². The average Bonchev–Trinajstić information content (AvgIpc) is 3.57. The van der Waals surface area contributed by atoms with Crippen molar-refractivity contribution in [3.63, 3.8) is 0 Å². The summed E-state index contributed by atoms with van der Waals surface area (Å²) in [6, 6.07) is 13.8. The molecular formula is C27H31N5O3. The Morgan fingerprint density at radius 1 is 1.11 bits per heavy atom. The summed E-state index contributed by atoms with van der Waals surface area (Å²) in [6.07, 6.45) is 5.44. The van der Waals surface area contributed by atoms with Crippen molar-refractivity contribution < 1.29 is 13.6 Å². The number of rotatable bonds is 6. The second-order valence-corrected chi connectivity index (χ2v) is 9.67. The summed E-state index contributed by atoms with van der Waals surface area (Å²) in [5.41, 5.74) is 2.34. The van der Waals surface area contributed by atoms with Crippen molar-refractivity contribution in [3.8, 4) is 17.7 Å². The monoisotopic (exact) mass is 473 g/mol. The minimum Gasteiger partial charge on any atom is -0.459 e. The van der Waals surface area contributed by atoms with Crippen LogP contribution < -0.4 is 10.2 Å². The van der Waals surface area contributed by atoms with E-state index in [1.807, 2.05) is 17.0 Å². The third kappa shape index (κ3) is 5.41. The Morgan fingerprint density at radius 2 is 1.86 bits per heavy atom. The molecule has 2 fully saturated rings. The molecule has 182 valence electrons. The van der Waals surface area contributed by atoms with Crippen LogP contribution in [0.5, 0.6) is 0 Å².